The standard InChI is InChI=1S/C18H16N4O3/c1-11-19-15(25-21-11)10-22-16(23)18(2,20-17(22)24)14-8-7-12-5-3-4-6-13(12)9-14/h3-9H,10H2,1-2H3,(H,20,24)/t18-/m0/s1. The minimum Gasteiger partial charge on any atom is -0.337 e. The second-order valence-electron chi connectivity index (χ2n) is 6.24. The second kappa shape index (κ2) is 5.41. The third kappa shape index (κ3) is 2.44. The van der Waals surface area contributed by atoms with Gasteiger partial charge in [0.05, 0.1) is 0 Å². The Balaban J connectivity index is 1.68. The molecule has 1 aliphatic heterocycles. The Morgan fingerprint density at radius 2 is 1.92 bits per heavy atom. The van der Waals surface area contributed by atoms with Crippen LogP contribution in [0.4, 0.5) is 4.79 Å². The van der Waals surface area contributed by atoms with Gasteiger partial charge in [-0.2, -0.15) is 4.98 Å². The third-order valence-electron chi connectivity index (χ3n) is 4.46. The van der Waals surface area contributed by atoms with E-state index in [9.17, 15) is 9.59 Å². The van der Waals surface area contributed by atoms with Crippen LogP contribution in [0.15, 0.2) is 47.0 Å². The molecule has 0 saturated carbocycles. The molecule has 2 heterocycles. The van der Waals surface area contributed by atoms with E-state index in [4.69, 9.17) is 4.52 Å². The molecule has 2 aromatic carbocycles. The molecule has 1 fully saturated rings. The normalized spacial score (nSPS) is 20.3. The molecular weight excluding hydrogens is 320 g/mol. The van der Waals surface area contributed by atoms with Gasteiger partial charge < -0.3 is 9.84 Å². The molecule has 0 aliphatic carbocycles. The Labute approximate surface area is 143 Å². The summed E-state index contributed by atoms with van der Waals surface area (Å²) < 4.78 is 5.02. The molecule has 25 heavy (non-hydrogen) atoms. The predicted molar refractivity (Wildman–Crippen MR) is 89.4 cm³/mol. The lowest BCUT2D eigenvalue weighted by atomic mass is 9.90. The molecule has 4 rings (SSSR count). The van der Waals surface area contributed by atoms with E-state index in [-0.39, 0.29) is 18.3 Å². The Kier molecular flexibility index (Phi) is 3.31. The van der Waals surface area contributed by atoms with Gasteiger partial charge in [0.1, 0.15) is 12.1 Å². The Morgan fingerprint density at radius 3 is 2.64 bits per heavy atom. The van der Waals surface area contributed by atoms with Gasteiger partial charge in [-0.15, -0.1) is 0 Å². The number of nitrogens with zero attached hydrogens (tertiary/aromatic N) is 3. The first-order valence-electron chi connectivity index (χ1n) is 7.90. The number of aryl methyl sites for hydroxylation is 1. The number of nitrogens with one attached hydrogen (secondary N) is 1. The minimum absolute atomic E-state index is 0.0469. The number of benzene rings is 2. The van der Waals surface area contributed by atoms with Crippen molar-refractivity contribution >= 4 is 22.7 Å². The Hall–Kier alpha value is -3.22. The Bertz CT molecular complexity index is 997. The van der Waals surface area contributed by atoms with Gasteiger partial charge in [-0.25, -0.2) is 4.79 Å². The summed E-state index contributed by atoms with van der Waals surface area (Å²) in [6.07, 6.45) is 0. The molecule has 0 bridgehead atoms. The average molecular weight is 336 g/mol. The van der Waals surface area contributed by atoms with E-state index in [0.717, 1.165) is 21.2 Å². The molecule has 1 aromatic heterocycles. The number of hydrogen-bond acceptors (Lipinski definition) is 5. The van der Waals surface area contributed by atoms with Gasteiger partial charge in [0.25, 0.3) is 5.91 Å². The van der Waals surface area contributed by atoms with Crippen LogP contribution >= 0.6 is 0 Å². The molecule has 0 radical (unpaired) electrons. The van der Waals surface area contributed by atoms with Crippen molar-refractivity contribution in [2.75, 3.05) is 0 Å². The summed E-state index contributed by atoms with van der Waals surface area (Å²) in [5, 5.41) is 8.55. The van der Waals surface area contributed by atoms with Crippen LogP contribution in [-0.4, -0.2) is 27.0 Å². The van der Waals surface area contributed by atoms with E-state index >= 15 is 0 Å². The number of amides is 3. The van der Waals surface area contributed by atoms with Crippen molar-refractivity contribution in [1.29, 1.82) is 0 Å². The van der Waals surface area contributed by atoms with Crippen LogP contribution in [0.1, 0.15) is 24.2 Å². The van der Waals surface area contributed by atoms with Crippen molar-refractivity contribution in [1.82, 2.24) is 20.4 Å². The molecule has 126 valence electrons. The molecule has 7 heteroatoms. The number of carbonyl (C=O) groups excluding carboxylic acids is 2. The molecule has 1 saturated heterocycles. The van der Waals surface area contributed by atoms with Gasteiger partial charge in [0.2, 0.25) is 5.89 Å². The summed E-state index contributed by atoms with van der Waals surface area (Å²) in [6, 6.07) is 13.1. The van der Waals surface area contributed by atoms with Gasteiger partial charge >= 0.3 is 6.03 Å². The number of urea groups is 1. The van der Waals surface area contributed by atoms with Gasteiger partial charge in [0, 0.05) is 0 Å². The van der Waals surface area contributed by atoms with Crippen LogP contribution < -0.4 is 5.32 Å². The smallest absolute Gasteiger partial charge is 0.325 e. The summed E-state index contributed by atoms with van der Waals surface area (Å²) in [7, 11) is 0. The van der Waals surface area contributed by atoms with Crippen molar-refractivity contribution in [3.8, 4) is 0 Å². The van der Waals surface area contributed by atoms with E-state index in [1.165, 1.54) is 0 Å². The van der Waals surface area contributed by atoms with E-state index < -0.39 is 11.6 Å². The molecule has 3 aromatic rings. The highest BCUT2D eigenvalue weighted by Gasteiger charge is 2.49. The zero-order valence-electron chi connectivity index (χ0n) is 13.8. The van der Waals surface area contributed by atoms with Crippen LogP contribution in [0, 0.1) is 6.92 Å². The first kappa shape index (κ1) is 15.3. The number of rotatable bonds is 3. The maximum Gasteiger partial charge on any atom is 0.325 e. The van der Waals surface area contributed by atoms with E-state index in [1.54, 1.807) is 13.8 Å². The second-order valence-corrected chi connectivity index (χ2v) is 6.24. The zero-order valence-corrected chi connectivity index (χ0v) is 13.8. The highest BCUT2D eigenvalue weighted by molar-refractivity contribution is 6.07. The molecule has 1 atom stereocenters. The number of aromatic nitrogens is 2. The van der Waals surface area contributed by atoms with E-state index in [0.29, 0.717) is 5.82 Å². The number of imide groups is 1. The summed E-state index contributed by atoms with van der Waals surface area (Å²) in [6.45, 7) is 3.34. The fourth-order valence-corrected chi connectivity index (χ4v) is 3.08. The maximum absolute atomic E-state index is 12.9. The van der Waals surface area contributed by atoms with Gasteiger partial charge in [-0.05, 0) is 36.2 Å². The monoisotopic (exact) mass is 336 g/mol. The van der Waals surface area contributed by atoms with Gasteiger partial charge in [-0.3, -0.25) is 9.69 Å². The van der Waals surface area contributed by atoms with Crippen LogP contribution in [0.2, 0.25) is 0 Å². The van der Waals surface area contributed by atoms with Crippen molar-refractivity contribution in [2.24, 2.45) is 0 Å². The van der Waals surface area contributed by atoms with Crippen molar-refractivity contribution in [3.05, 3.63) is 59.7 Å². The number of carbonyl (C=O) groups is 2. The topological polar surface area (TPSA) is 88.3 Å². The first-order chi connectivity index (χ1) is 12.0. The molecule has 1 N–H and O–H groups in total. The molecule has 1 aliphatic rings. The minimum atomic E-state index is -1.13. The summed E-state index contributed by atoms with van der Waals surface area (Å²) in [5.41, 5.74) is -0.398. The summed E-state index contributed by atoms with van der Waals surface area (Å²) >= 11 is 0. The van der Waals surface area contributed by atoms with E-state index in [2.05, 4.69) is 15.5 Å². The van der Waals surface area contributed by atoms with E-state index in [1.807, 2.05) is 42.5 Å². The largest absolute Gasteiger partial charge is 0.337 e. The number of hydrogen-bond donors (Lipinski definition) is 1. The molecule has 7 nitrogen and oxygen atoms in total. The molecule has 0 spiro atoms. The lowest BCUT2D eigenvalue weighted by Crippen LogP contribution is -2.40. The fraction of sp³-hybridized carbons (Fsp3) is 0.222. The van der Waals surface area contributed by atoms with Crippen LogP contribution in [0.3, 0.4) is 0 Å². The lowest BCUT2D eigenvalue weighted by Gasteiger charge is -2.22. The SMILES string of the molecule is Cc1noc(CN2C(=O)N[C@@](C)(c3ccc4ccccc4c3)C2=O)n1. The molecular formula is C18H16N4O3. The highest BCUT2D eigenvalue weighted by atomic mass is 16.5. The Morgan fingerprint density at radius 1 is 1.16 bits per heavy atom. The lowest BCUT2D eigenvalue weighted by molar-refractivity contribution is -0.131. The third-order valence-corrected chi connectivity index (χ3v) is 4.46. The predicted octanol–water partition coefficient (Wildman–Crippen LogP) is 2.50. The fourth-order valence-electron chi connectivity index (χ4n) is 3.08. The van der Waals surface area contributed by atoms with Gasteiger partial charge in [0.15, 0.2) is 5.82 Å². The van der Waals surface area contributed by atoms with Crippen LogP contribution in [0.5, 0.6) is 0 Å². The van der Waals surface area contributed by atoms with Gasteiger partial charge in [-0.1, -0.05) is 41.6 Å². The summed E-state index contributed by atoms with van der Waals surface area (Å²) in [4.78, 5) is 30.4. The maximum atomic E-state index is 12.9. The average Bonchev–Trinajstić information content (AvgIpc) is 3.11. The first-order valence-corrected chi connectivity index (χ1v) is 7.90. The summed E-state index contributed by atoms with van der Waals surface area (Å²) in [5.74, 6) is 0.340. The van der Waals surface area contributed by atoms with Crippen molar-refractivity contribution < 1.29 is 14.1 Å². The van der Waals surface area contributed by atoms with Crippen LogP contribution in [0.25, 0.3) is 10.8 Å². The van der Waals surface area contributed by atoms with Crippen molar-refractivity contribution in [3.63, 3.8) is 0 Å². The zero-order chi connectivity index (χ0) is 17.6. The van der Waals surface area contributed by atoms with Crippen molar-refractivity contribution in [2.45, 2.75) is 25.9 Å². The van der Waals surface area contributed by atoms with Crippen LogP contribution in [-0.2, 0) is 16.9 Å². The highest BCUT2D eigenvalue weighted by Crippen LogP contribution is 2.31. The quantitative estimate of drug-likeness (QED) is 0.742. The molecule has 3 amide bonds. The number of fused-ring (bicyclic) bond motifs is 1. The molecule has 0 unspecified atom stereocenters.